The van der Waals surface area contributed by atoms with E-state index in [0.29, 0.717) is 12.5 Å². The lowest BCUT2D eigenvalue weighted by molar-refractivity contribution is -0.901. The molecule has 1 aromatic carbocycles. The maximum Gasteiger partial charge on any atom is 0.261 e. The van der Waals surface area contributed by atoms with Gasteiger partial charge in [0.25, 0.3) is 5.91 Å². The van der Waals surface area contributed by atoms with Crippen LogP contribution in [0.3, 0.4) is 0 Å². The summed E-state index contributed by atoms with van der Waals surface area (Å²) >= 11 is 1.54. The number of carbonyl (C=O) groups is 1. The van der Waals surface area contributed by atoms with E-state index in [4.69, 9.17) is 0 Å². The van der Waals surface area contributed by atoms with E-state index in [0.717, 1.165) is 33.9 Å². The van der Waals surface area contributed by atoms with Crippen LogP contribution in [0.2, 0.25) is 0 Å². The quantitative estimate of drug-likeness (QED) is 0.627. The molecule has 1 aliphatic heterocycles. The Hall–Kier alpha value is -2.18. The molecule has 1 aliphatic rings. The van der Waals surface area contributed by atoms with Crippen LogP contribution in [-0.4, -0.2) is 28.8 Å². The van der Waals surface area contributed by atoms with Crippen molar-refractivity contribution in [1.29, 1.82) is 0 Å². The Balaban J connectivity index is 1.46. The smallest absolute Gasteiger partial charge is 0.261 e. The highest BCUT2D eigenvalue weighted by Gasteiger charge is 2.19. The summed E-state index contributed by atoms with van der Waals surface area (Å²) in [5.74, 6) is 0.524. The number of nitrogens with one attached hydrogen (secondary N) is 2. The van der Waals surface area contributed by atoms with E-state index in [-0.39, 0.29) is 5.91 Å². The topological polar surface area (TPSA) is 51.4 Å². The second kappa shape index (κ2) is 8.67. The Morgan fingerprint density at radius 3 is 2.69 bits per heavy atom. The van der Waals surface area contributed by atoms with E-state index in [1.54, 1.807) is 16.2 Å². The fraction of sp³-hybridized carbons (Fsp3) is 0.478. The van der Waals surface area contributed by atoms with Crippen LogP contribution in [0.4, 0.5) is 0 Å². The average molecular weight is 412 g/mol. The van der Waals surface area contributed by atoms with Gasteiger partial charge in [-0.1, -0.05) is 38.1 Å². The number of likely N-dealkylation sites (tertiary alicyclic amines) is 1. The number of hydrogen-bond donors (Lipinski definition) is 2. The van der Waals surface area contributed by atoms with Crippen molar-refractivity contribution in [3.05, 3.63) is 52.0 Å². The Kier molecular flexibility index (Phi) is 6.01. The third-order valence-electron chi connectivity index (χ3n) is 5.68. The van der Waals surface area contributed by atoms with Gasteiger partial charge in [0.1, 0.15) is 11.4 Å². The van der Waals surface area contributed by atoms with Crippen molar-refractivity contribution >= 4 is 27.5 Å². The van der Waals surface area contributed by atoms with Gasteiger partial charge < -0.3 is 10.2 Å². The molecule has 4 rings (SSSR count). The molecule has 0 atom stereocenters. The van der Waals surface area contributed by atoms with Gasteiger partial charge in [0.2, 0.25) is 0 Å². The Morgan fingerprint density at radius 1 is 1.24 bits per heavy atom. The van der Waals surface area contributed by atoms with E-state index >= 15 is 0 Å². The first-order chi connectivity index (χ1) is 14.0. The number of nitrogens with zero attached hydrogens (tertiary/aromatic N) is 2. The predicted molar refractivity (Wildman–Crippen MR) is 118 cm³/mol. The van der Waals surface area contributed by atoms with Crippen LogP contribution in [0.5, 0.6) is 0 Å². The number of rotatable bonds is 7. The van der Waals surface area contributed by atoms with Crippen LogP contribution >= 0.6 is 11.3 Å². The Morgan fingerprint density at radius 2 is 1.97 bits per heavy atom. The fourth-order valence-electron chi connectivity index (χ4n) is 4.18. The number of aromatic nitrogens is 2. The van der Waals surface area contributed by atoms with Crippen molar-refractivity contribution in [2.24, 2.45) is 5.92 Å². The highest BCUT2D eigenvalue weighted by molar-refractivity contribution is 7.20. The molecule has 1 amide bonds. The van der Waals surface area contributed by atoms with Gasteiger partial charge in [0, 0.05) is 36.9 Å². The molecule has 3 aromatic rings. The molecular formula is C23H31N4OS+. The molecule has 6 heteroatoms. The summed E-state index contributed by atoms with van der Waals surface area (Å²) in [5.41, 5.74) is 3.57. The summed E-state index contributed by atoms with van der Waals surface area (Å²) in [6.07, 6.45) is 2.65. The molecule has 0 aliphatic carbocycles. The first-order valence-electron chi connectivity index (χ1n) is 10.7. The third kappa shape index (κ3) is 4.54. The minimum absolute atomic E-state index is 0.00465. The zero-order chi connectivity index (χ0) is 20.4. The first kappa shape index (κ1) is 20.1. The lowest BCUT2D eigenvalue weighted by atomic mass is 10.1. The van der Waals surface area contributed by atoms with Crippen LogP contribution in [0.15, 0.2) is 30.3 Å². The van der Waals surface area contributed by atoms with E-state index in [9.17, 15) is 4.79 Å². The number of aryl methyl sites for hydroxylation is 1. The normalized spacial score (nSPS) is 14.9. The van der Waals surface area contributed by atoms with Crippen LogP contribution in [0.1, 0.15) is 53.2 Å². The standard InChI is InChI=1S/C23H30N4OS/c1-16(2)14-27-23-20(17(3)25-27)12-21(29-23)22(28)24-13-18-8-4-5-9-19(18)15-26-10-6-7-11-26/h4-5,8-9,12,16H,6-7,10-11,13-15H2,1-3H3,(H,24,28)/p+1. The largest absolute Gasteiger partial charge is 0.347 e. The molecule has 2 aromatic heterocycles. The van der Waals surface area contributed by atoms with E-state index < -0.39 is 0 Å². The van der Waals surface area contributed by atoms with Crippen LogP contribution in [0.25, 0.3) is 10.2 Å². The number of amides is 1. The minimum atomic E-state index is 0.00465. The molecule has 29 heavy (non-hydrogen) atoms. The van der Waals surface area contributed by atoms with Crippen molar-refractivity contribution in [2.75, 3.05) is 13.1 Å². The van der Waals surface area contributed by atoms with Crippen molar-refractivity contribution in [2.45, 2.75) is 53.2 Å². The predicted octanol–water partition coefficient (Wildman–Crippen LogP) is 3.17. The highest BCUT2D eigenvalue weighted by atomic mass is 32.1. The number of quaternary nitrogens is 1. The summed E-state index contributed by atoms with van der Waals surface area (Å²) in [4.78, 5) is 16.4. The summed E-state index contributed by atoms with van der Waals surface area (Å²) in [7, 11) is 0. The number of carbonyl (C=O) groups excluding carboxylic acids is 1. The average Bonchev–Trinajstić information content (AvgIpc) is 3.40. The van der Waals surface area contributed by atoms with Crippen molar-refractivity contribution in [3.63, 3.8) is 0 Å². The van der Waals surface area contributed by atoms with Gasteiger partial charge >= 0.3 is 0 Å². The molecule has 0 unspecified atom stereocenters. The van der Waals surface area contributed by atoms with Gasteiger partial charge in [-0.2, -0.15) is 5.10 Å². The van der Waals surface area contributed by atoms with Crippen LogP contribution < -0.4 is 10.2 Å². The Bertz CT molecular complexity index is 998. The first-order valence-corrected chi connectivity index (χ1v) is 11.5. The molecule has 2 N–H and O–H groups in total. The summed E-state index contributed by atoms with van der Waals surface area (Å²) < 4.78 is 2.05. The van der Waals surface area contributed by atoms with Gasteiger partial charge in [-0.25, -0.2) is 0 Å². The van der Waals surface area contributed by atoms with Crippen LogP contribution in [0, 0.1) is 12.8 Å². The molecule has 0 radical (unpaired) electrons. The summed E-state index contributed by atoms with van der Waals surface area (Å²) in [5, 5.41) is 8.88. The van der Waals surface area contributed by atoms with Crippen molar-refractivity contribution in [3.8, 4) is 0 Å². The second-order valence-corrected chi connectivity index (χ2v) is 9.61. The minimum Gasteiger partial charge on any atom is -0.347 e. The highest BCUT2D eigenvalue weighted by Crippen LogP contribution is 2.29. The fourth-order valence-corrected chi connectivity index (χ4v) is 5.27. The van der Waals surface area contributed by atoms with Gasteiger partial charge in [0.15, 0.2) is 0 Å². The lowest BCUT2D eigenvalue weighted by Crippen LogP contribution is -3.08. The molecule has 3 heterocycles. The van der Waals surface area contributed by atoms with E-state index in [1.165, 1.54) is 37.1 Å². The van der Waals surface area contributed by atoms with Gasteiger partial charge in [-0.05, 0) is 24.5 Å². The molecular weight excluding hydrogens is 380 g/mol. The molecule has 5 nitrogen and oxygen atoms in total. The van der Waals surface area contributed by atoms with Gasteiger partial charge in [-0.15, -0.1) is 11.3 Å². The number of hydrogen-bond acceptors (Lipinski definition) is 3. The monoisotopic (exact) mass is 411 g/mol. The second-order valence-electron chi connectivity index (χ2n) is 8.58. The van der Waals surface area contributed by atoms with E-state index in [2.05, 4.69) is 48.5 Å². The van der Waals surface area contributed by atoms with Crippen LogP contribution in [-0.2, 0) is 19.6 Å². The maximum atomic E-state index is 12.9. The number of thiophene rings is 1. The Labute approximate surface area is 176 Å². The van der Waals surface area contributed by atoms with Gasteiger partial charge in [0.05, 0.1) is 23.7 Å². The molecule has 154 valence electrons. The molecule has 0 bridgehead atoms. The SMILES string of the molecule is Cc1nn(CC(C)C)c2sc(C(=O)NCc3ccccc3C[NH+]3CCCC3)cc12. The number of benzene rings is 1. The van der Waals surface area contributed by atoms with E-state index in [1.807, 2.05) is 17.7 Å². The summed E-state index contributed by atoms with van der Waals surface area (Å²) in [6.45, 7) is 11.4. The third-order valence-corrected chi connectivity index (χ3v) is 6.83. The zero-order valence-corrected chi connectivity index (χ0v) is 18.4. The van der Waals surface area contributed by atoms with Crippen molar-refractivity contribution in [1.82, 2.24) is 15.1 Å². The maximum absolute atomic E-state index is 12.9. The molecule has 0 spiro atoms. The molecule has 1 fully saturated rings. The van der Waals surface area contributed by atoms with Gasteiger partial charge in [-0.3, -0.25) is 9.48 Å². The summed E-state index contributed by atoms with van der Waals surface area (Å²) in [6, 6.07) is 10.5. The number of fused-ring (bicyclic) bond motifs is 1. The van der Waals surface area contributed by atoms with Crippen molar-refractivity contribution < 1.29 is 9.69 Å². The zero-order valence-electron chi connectivity index (χ0n) is 17.6. The molecule has 0 saturated carbocycles. The lowest BCUT2D eigenvalue weighted by Gasteiger charge is -2.15. The molecule has 1 saturated heterocycles.